The van der Waals surface area contributed by atoms with Crippen LogP contribution in [0.15, 0.2) is 35.3 Å². The number of hydrogen-bond acceptors (Lipinski definition) is 7. The zero-order chi connectivity index (χ0) is 20.4. The number of nitrogens with two attached hydrogens (primary N) is 1. The van der Waals surface area contributed by atoms with Gasteiger partial charge in [0.05, 0.1) is 26.9 Å². The Morgan fingerprint density at radius 3 is 2.90 bits per heavy atom. The largest absolute Gasteiger partial charge is 0.465 e. The van der Waals surface area contributed by atoms with Crippen LogP contribution in [0.2, 0.25) is 0 Å². The first-order valence-electron chi connectivity index (χ1n) is 9.62. The standard InChI is InChI=1S/C20H23N5O4/c1-28-20(27)14-13-15-18(22-16-5-2-3-7-24(16)19(15)26)25(17(14)21)8-4-6-23-9-11-29-12-10-23/h2-3,5,7,13,21H,4,6,8-12H2,1H3/p+1. The van der Waals surface area contributed by atoms with Gasteiger partial charge in [-0.15, -0.1) is 0 Å². The number of nitrogens with zero attached hydrogens (tertiary/aromatic N) is 4. The monoisotopic (exact) mass is 398 g/mol. The lowest BCUT2D eigenvalue weighted by molar-refractivity contribution is -0.659. The van der Waals surface area contributed by atoms with Crippen molar-refractivity contribution in [2.45, 2.75) is 13.0 Å². The Morgan fingerprint density at radius 2 is 2.14 bits per heavy atom. The van der Waals surface area contributed by atoms with Gasteiger partial charge in [0.1, 0.15) is 10.9 Å². The molecule has 29 heavy (non-hydrogen) atoms. The van der Waals surface area contributed by atoms with Crippen LogP contribution in [0.4, 0.5) is 5.82 Å². The highest BCUT2D eigenvalue weighted by molar-refractivity contribution is 5.96. The lowest BCUT2D eigenvalue weighted by Crippen LogP contribution is -2.44. The van der Waals surface area contributed by atoms with Crippen LogP contribution in [0.3, 0.4) is 0 Å². The molecule has 1 aliphatic rings. The molecule has 0 spiro atoms. The summed E-state index contributed by atoms with van der Waals surface area (Å²) in [6.45, 7) is 4.66. The van der Waals surface area contributed by atoms with E-state index in [1.165, 1.54) is 17.6 Å². The van der Waals surface area contributed by atoms with E-state index >= 15 is 0 Å². The fraction of sp³-hybridized carbons (Fsp3) is 0.400. The number of hydrogen-bond donors (Lipinski definition) is 1. The van der Waals surface area contributed by atoms with Gasteiger partial charge in [0.25, 0.3) is 11.2 Å². The summed E-state index contributed by atoms with van der Waals surface area (Å²) in [4.78, 5) is 32.3. The normalized spacial score (nSPS) is 15.1. The van der Waals surface area contributed by atoms with Crippen molar-refractivity contribution < 1.29 is 18.8 Å². The molecule has 0 amide bonds. The minimum absolute atomic E-state index is 0.168. The molecule has 4 heterocycles. The molecule has 1 aliphatic heterocycles. The molecule has 0 bridgehead atoms. The van der Waals surface area contributed by atoms with Gasteiger partial charge >= 0.3 is 5.97 Å². The van der Waals surface area contributed by atoms with E-state index in [1.807, 2.05) is 6.07 Å². The van der Waals surface area contributed by atoms with Crippen LogP contribution in [-0.2, 0) is 16.0 Å². The minimum Gasteiger partial charge on any atom is -0.465 e. The topological polar surface area (TPSA) is 103 Å². The summed E-state index contributed by atoms with van der Waals surface area (Å²) in [7, 11) is 1.29. The van der Waals surface area contributed by atoms with E-state index < -0.39 is 5.97 Å². The molecule has 0 radical (unpaired) electrons. The Labute approximate surface area is 167 Å². The number of morpholine rings is 1. The average Bonchev–Trinajstić information content (AvgIpc) is 2.75. The number of nitrogen functional groups attached to an aromatic ring is 1. The van der Waals surface area contributed by atoms with Crippen molar-refractivity contribution in [1.82, 2.24) is 14.3 Å². The van der Waals surface area contributed by atoms with Gasteiger partial charge < -0.3 is 15.2 Å². The molecule has 3 aromatic rings. The summed E-state index contributed by atoms with van der Waals surface area (Å²) in [5, 5.41) is 0.328. The van der Waals surface area contributed by atoms with Gasteiger partial charge in [0.15, 0.2) is 0 Å². The number of fused-ring (bicyclic) bond motifs is 2. The minimum atomic E-state index is -0.580. The lowest BCUT2D eigenvalue weighted by atomic mass is 10.2. The second kappa shape index (κ2) is 8.14. The van der Waals surface area contributed by atoms with Crippen molar-refractivity contribution in [2.75, 3.05) is 45.7 Å². The number of aryl methyl sites for hydroxylation is 1. The second-order valence-electron chi connectivity index (χ2n) is 6.98. The number of carbonyl (C=O) groups excluding carboxylic acids is 1. The van der Waals surface area contributed by atoms with Gasteiger partial charge in [0.2, 0.25) is 11.5 Å². The molecule has 152 valence electrons. The first-order chi connectivity index (χ1) is 14.1. The van der Waals surface area contributed by atoms with E-state index in [1.54, 1.807) is 22.9 Å². The third-order valence-electron chi connectivity index (χ3n) is 5.23. The molecule has 4 rings (SSSR count). The smallest absolute Gasteiger partial charge is 0.344 e. The summed E-state index contributed by atoms with van der Waals surface area (Å²) in [5.41, 5.74) is 7.23. The molecule has 2 N–H and O–H groups in total. The van der Waals surface area contributed by atoms with Gasteiger partial charge in [-0.3, -0.25) is 14.1 Å². The Bertz CT molecular complexity index is 1120. The molecule has 0 atom stereocenters. The van der Waals surface area contributed by atoms with Gasteiger partial charge in [-0.05, 0) is 24.6 Å². The summed E-state index contributed by atoms with van der Waals surface area (Å²) < 4.78 is 13.5. The highest BCUT2D eigenvalue weighted by Gasteiger charge is 2.24. The van der Waals surface area contributed by atoms with Crippen molar-refractivity contribution in [3.05, 3.63) is 46.4 Å². The fourth-order valence-corrected chi connectivity index (χ4v) is 3.68. The van der Waals surface area contributed by atoms with Crippen LogP contribution in [0, 0.1) is 0 Å². The highest BCUT2D eigenvalue weighted by Crippen LogP contribution is 2.15. The number of aromatic nitrogens is 3. The SMILES string of the molecule is COC(=O)c1cc2c(=O)n3ccccc3nc2[n+](CCCN2CCOCC2)c1N. The van der Waals surface area contributed by atoms with Crippen molar-refractivity contribution >= 4 is 28.5 Å². The number of anilines is 1. The van der Waals surface area contributed by atoms with Crippen LogP contribution < -0.4 is 15.9 Å². The molecule has 0 saturated carbocycles. The maximum atomic E-state index is 13.0. The number of carbonyl (C=O) groups is 1. The predicted molar refractivity (Wildman–Crippen MR) is 107 cm³/mol. The number of ether oxygens (including phenoxy) is 2. The van der Waals surface area contributed by atoms with Gasteiger partial charge in [0, 0.05) is 25.8 Å². The van der Waals surface area contributed by atoms with Crippen LogP contribution in [0.25, 0.3) is 16.7 Å². The molecule has 0 aromatic carbocycles. The van der Waals surface area contributed by atoms with Crippen LogP contribution in [-0.4, -0.2) is 60.2 Å². The predicted octanol–water partition coefficient (Wildman–Crippen LogP) is 0.226. The van der Waals surface area contributed by atoms with Crippen molar-refractivity contribution in [2.24, 2.45) is 0 Å². The summed E-state index contributed by atoms with van der Waals surface area (Å²) >= 11 is 0. The van der Waals surface area contributed by atoms with Crippen molar-refractivity contribution in [3.63, 3.8) is 0 Å². The molecular formula is C20H24N5O4+. The van der Waals surface area contributed by atoms with Gasteiger partial charge in [-0.25, -0.2) is 9.36 Å². The van der Waals surface area contributed by atoms with E-state index in [-0.39, 0.29) is 16.9 Å². The third-order valence-corrected chi connectivity index (χ3v) is 5.23. The number of pyridine rings is 2. The van der Waals surface area contributed by atoms with E-state index in [2.05, 4.69) is 9.88 Å². The van der Waals surface area contributed by atoms with Crippen molar-refractivity contribution in [3.8, 4) is 0 Å². The summed E-state index contributed by atoms with van der Waals surface area (Å²) in [5.74, 6) is -0.331. The zero-order valence-electron chi connectivity index (χ0n) is 16.3. The van der Waals surface area contributed by atoms with E-state index in [0.717, 1.165) is 39.3 Å². The first-order valence-corrected chi connectivity index (χ1v) is 9.62. The molecule has 3 aromatic heterocycles. The molecule has 9 nitrogen and oxygen atoms in total. The van der Waals surface area contributed by atoms with E-state index in [4.69, 9.17) is 15.2 Å². The highest BCUT2D eigenvalue weighted by atomic mass is 16.5. The Kier molecular flexibility index (Phi) is 5.41. The molecule has 1 saturated heterocycles. The molecule has 9 heteroatoms. The maximum Gasteiger partial charge on any atom is 0.344 e. The Hall–Kier alpha value is -3.04. The van der Waals surface area contributed by atoms with Crippen LogP contribution in [0.1, 0.15) is 16.8 Å². The third kappa shape index (κ3) is 3.66. The number of rotatable bonds is 5. The zero-order valence-corrected chi connectivity index (χ0v) is 16.3. The quantitative estimate of drug-likeness (QED) is 0.373. The maximum absolute atomic E-state index is 13.0. The Balaban J connectivity index is 1.79. The average molecular weight is 398 g/mol. The molecular weight excluding hydrogens is 374 g/mol. The van der Waals surface area contributed by atoms with Gasteiger partial charge in [-0.1, -0.05) is 11.1 Å². The van der Waals surface area contributed by atoms with Crippen LogP contribution in [0.5, 0.6) is 0 Å². The fourth-order valence-electron chi connectivity index (χ4n) is 3.68. The number of methoxy groups -OCH3 is 1. The van der Waals surface area contributed by atoms with Gasteiger partial charge in [-0.2, -0.15) is 0 Å². The molecule has 0 unspecified atom stereocenters. The molecule has 1 fully saturated rings. The van der Waals surface area contributed by atoms with Crippen LogP contribution >= 0.6 is 0 Å². The molecule has 0 aliphatic carbocycles. The number of esters is 1. The lowest BCUT2D eigenvalue weighted by Gasteiger charge is -2.26. The summed E-state index contributed by atoms with van der Waals surface area (Å²) in [6, 6.07) is 6.83. The van der Waals surface area contributed by atoms with Crippen molar-refractivity contribution in [1.29, 1.82) is 0 Å². The summed E-state index contributed by atoms with van der Waals surface area (Å²) in [6.07, 6.45) is 2.45. The van der Waals surface area contributed by atoms with E-state index in [0.29, 0.717) is 23.2 Å². The first kappa shape index (κ1) is 19.3. The Morgan fingerprint density at radius 1 is 1.34 bits per heavy atom. The second-order valence-corrected chi connectivity index (χ2v) is 6.98. The van der Waals surface area contributed by atoms with E-state index in [9.17, 15) is 9.59 Å².